The Labute approximate surface area is 131 Å². The average Bonchev–Trinajstić information content (AvgIpc) is 2.78. The molecule has 3 nitrogen and oxygen atoms in total. The summed E-state index contributed by atoms with van der Waals surface area (Å²) in [6.07, 6.45) is 2.26. The van der Waals surface area contributed by atoms with Gasteiger partial charge in [-0.3, -0.25) is 0 Å². The van der Waals surface area contributed by atoms with E-state index in [1.165, 1.54) is 0 Å². The summed E-state index contributed by atoms with van der Waals surface area (Å²) in [4.78, 5) is 0. The van der Waals surface area contributed by atoms with Crippen molar-refractivity contribution in [3.63, 3.8) is 0 Å². The summed E-state index contributed by atoms with van der Waals surface area (Å²) in [7, 11) is -0.0305. The normalized spacial score (nSPS) is 40.3. The van der Waals surface area contributed by atoms with Crippen molar-refractivity contribution in [1.82, 2.24) is 0 Å². The zero-order chi connectivity index (χ0) is 16.3. The van der Waals surface area contributed by atoms with Gasteiger partial charge in [-0.15, -0.1) is 0 Å². The smallest absolute Gasteiger partial charge is 0.192 e. The zero-order valence-corrected chi connectivity index (χ0v) is 16.4. The van der Waals surface area contributed by atoms with Gasteiger partial charge in [-0.2, -0.15) is 0 Å². The van der Waals surface area contributed by atoms with Crippen LogP contribution in [0.5, 0.6) is 0 Å². The fourth-order valence-corrected chi connectivity index (χ4v) is 5.06. The second-order valence-electron chi connectivity index (χ2n) is 8.98. The van der Waals surface area contributed by atoms with Gasteiger partial charge in [0.05, 0.1) is 5.60 Å². The van der Waals surface area contributed by atoms with E-state index >= 15 is 0 Å². The number of ether oxygens (including phenoxy) is 2. The van der Waals surface area contributed by atoms with Crippen molar-refractivity contribution in [2.45, 2.75) is 95.9 Å². The molecule has 2 heterocycles. The van der Waals surface area contributed by atoms with E-state index in [4.69, 9.17) is 13.9 Å². The van der Waals surface area contributed by atoms with Crippen LogP contribution in [0.2, 0.25) is 18.1 Å². The Hall–Kier alpha value is 0.0969. The predicted octanol–water partition coefficient (Wildman–Crippen LogP) is 4.37. The van der Waals surface area contributed by atoms with Gasteiger partial charge in [0.2, 0.25) is 0 Å². The van der Waals surface area contributed by atoms with Gasteiger partial charge in [-0.25, -0.2) is 0 Å². The Morgan fingerprint density at radius 3 is 2.14 bits per heavy atom. The summed E-state index contributed by atoms with van der Waals surface area (Å²) >= 11 is 0. The van der Waals surface area contributed by atoms with E-state index in [2.05, 4.69) is 54.6 Å². The molecule has 2 aliphatic rings. The van der Waals surface area contributed by atoms with Gasteiger partial charge < -0.3 is 13.9 Å². The number of methoxy groups -OCH3 is 1. The molecule has 0 aromatic heterocycles. The molecular formula is C17H34O3Si. The first kappa shape index (κ1) is 17.5. The van der Waals surface area contributed by atoms with Crippen molar-refractivity contribution < 1.29 is 13.9 Å². The molecule has 0 spiro atoms. The first-order valence-electron chi connectivity index (χ1n) is 8.30. The molecule has 124 valence electrons. The number of hydrogen-bond donors (Lipinski definition) is 0. The Bertz CT molecular complexity index is 401. The van der Waals surface area contributed by atoms with Crippen molar-refractivity contribution >= 4 is 8.32 Å². The molecule has 0 unspecified atom stereocenters. The molecule has 0 N–H and O–H groups in total. The highest BCUT2D eigenvalue weighted by atomic mass is 28.4. The van der Waals surface area contributed by atoms with Crippen LogP contribution in [-0.2, 0) is 13.9 Å². The van der Waals surface area contributed by atoms with E-state index in [0.717, 1.165) is 12.8 Å². The highest BCUT2D eigenvalue weighted by Crippen LogP contribution is 2.57. The minimum absolute atomic E-state index is 0.0466. The summed E-state index contributed by atoms with van der Waals surface area (Å²) in [6.45, 7) is 18.2. The quantitative estimate of drug-likeness (QED) is 0.721. The Balaban J connectivity index is 2.32. The van der Waals surface area contributed by atoms with Gasteiger partial charge in [-0.1, -0.05) is 34.6 Å². The van der Waals surface area contributed by atoms with Gasteiger partial charge in [-0.05, 0) is 43.8 Å². The molecule has 4 atom stereocenters. The molecule has 2 bridgehead atoms. The number of hydrogen-bond acceptors (Lipinski definition) is 3. The van der Waals surface area contributed by atoms with Crippen LogP contribution in [0, 0.1) is 5.92 Å². The van der Waals surface area contributed by atoms with Crippen LogP contribution in [-0.4, -0.2) is 38.8 Å². The molecule has 0 aliphatic carbocycles. The molecule has 0 amide bonds. The van der Waals surface area contributed by atoms with E-state index in [1.807, 2.05) is 7.11 Å². The van der Waals surface area contributed by atoms with E-state index in [-0.39, 0.29) is 28.4 Å². The Morgan fingerprint density at radius 2 is 1.71 bits per heavy atom. The lowest BCUT2D eigenvalue weighted by molar-refractivity contribution is -0.107. The molecule has 0 radical (unpaired) electrons. The lowest BCUT2D eigenvalue weighted by Crippen LogP contribution is -2.57. The maximum absolute atomic E-state index is 6.77. The SMILES string of the molecule is CO[C@@H]1[C@@H](O[Si](C)(C)C(C)(C)C)[C@]2(C)CC[C@@]1(C(C)C)O2. The molecule has 2 fully saturated rings. The third kappa shape index (κ3) is 2.52. The van der Waals surface area contributed by atoms with E-state index in [1.54, 1.807) is 0 Å². The second-order valence-corrected chi connectivity index (χ2v) is 13.7. The number of rotatable bonds is 4. The molecule has 4 heteroatoms. The molecule has 0 saturated carbocycles. The summed E-state index contributed by atoms with van der Waals surface area (Å²) in [5.41, 5.74) is -0.364. The van der Waals surface area contributed by atoms with Crippen LogP contribution < -0.4 is 0 Å². The standard InChI is InChI=1S/C17H34O3Si/c1-12(2)17-11-10-16(6,20-17)13(14(17)18-7)19-21(8,9)15(3,4)5/h12-14H,10-11H2,1-9H3/t13-,14-,16+,17+/m1/s1. The third-order valence-electron chi connectivity index (χ3n) is 6.25. The van der Waals surface area contributed by atoms with Crippen LogP contribution in [0.4, 0.5) is 0 Å². The highest BCUT2D eigenvalue weighted by molar-refractivity contribution is 6.74. The van der Waals surface area contributed by atoms with E-state index < -0.39 is 8.32 Å². The largest absolute Gasteiger partial charge is 0.408 e. The van der Waals surface area contributed by atoms with Gasteiger partial charge in [0.25, 0.3) is 0 Å². The second kappa shape index (κ2) is 5.05. The fourth-order valence-electron chi connectivity index (χ4n) is 3.70. The molecule has 0 aromatic rings. The monoisotopic (exact) mass is 314 g/mol. The van der Waals surface area contributed by atoms with Crippen molar-refractivity contribution in [2.24, 2.45) is 5.92 Å². The minimum Gasteiger partial charge on any atom is -0.408 e. The third-order valence-corrected chi connectivity index (χ3v) is 10.7. The van der Waals surface area contributed by atoms with Gasteiger partial charge in [0.1, 0.15) is 17.8 Å². The van der Waals surface area contributed by atoms with Crippen LogP contribution in [0.15, 0.2) is 0 Å². The highest BCUT2D eigenvalue weighted by Gasteiger charge is 2.68. The first-order chi connectivity index (χ1) is 9.40. The first-order valence-corrected chi connectivity index (χ1v) is 11.2. The lowest BCUT2D eigenvalue weighted by atomic mass is 9.73. The molecule has 2 aliphatic heterocycles. The van der Waals surface area contributed by atoms with Gasteiger partial charge in [0.15, 0.2) is 8.32 Å². The van der Waals surface area contributed by atoms with Crippen LogP contribution >= 0.6 is 0 Å². The molecule has 2 rings (SSSR count). The molecular weight excluding hydrogens is 280 g/mol. The molecule has 2 saturated heterocycles. The summed E-state index contributed by atoms with van der Waals surface area (Å²) < 4.78 is 19.2. The van der Waals surface area contributed by atoms with Crippen LogP contribution in [0.25, 0.3) is 0 Å². The summed E-state index contributed by atoms with van der Waals surface area (Å²) in [6, 6.07) is 0. The van der Waals surface area contributed by atoms with Crippen molar-refractivity contribution in [1.29, 1.82) is 0 Å². The average molecular weight is 315 g/mol. The summed E-state index contributed by atoms with van der Waals surface area (Å²) in [5, 5.41) is 0.203. The van der Waals surface area contributed by atoms with E-state index in [0.29, 0.717) is 5.92 Å². The van der Waals surface area contributed by atoms with Crippen molar-refractivity contribution in [2.75, 3.05) is 7.11 Å². The molecule has 0 aromatic carbocycles. The maximum atomic E-state index is 6.77. The Morgan fingerprint density at radius 1 is 1.14 bits per heavy atom. The van der Waals surface area contributed by atoms with Crippen molar-refractivity contribution in [3.8, 4) is 0 Å². The van der Waals surface area contributed by atoms with Crippen molar-refractivity contribution in [3.05, 3.63) is 0 Å². The fraction of sp³-hybridized carbons (Fsp3) is 1.00. The van der Waals surface area contributed by atoms with Crippen LogP contribution in [0.3, 0.4) is 0 Å². The van der Waals surface area contributed by atoms with E-state index in [9.17, 15) is 0 Å². The Kier molecular flexibility index (Phi) is 4.20. The maximum Gasteiger partial charge on any atom is 0.192 e. The van der Waals surface area contributed by atoms with Crippen LogP contribution in [0.1, 0.15) is 54.4 Å². The lowest BCUT2D eigenvalue weighted by Gasteiger charge is -2.45. The zero-order valence-electron chi connectivity index (χ0n) is 15.4. The predicted molar refractivity (Wildman–Crippen MR) is 89.2 cm³/mol. The van der Waals surface area contributed by atoms with Gasteiger partial charge >= 0.3 is 0 Å². The molecule has 21 heavy (non-hydrogen) atoms. The number of fused-ring (bicyclic) bond motifs is 2. The minimum atomic E-state index is -1.84. The topological polar surface area (TPSA) is 27.7 Å². The van der Waals surface area contributed by atoms with Gasteiger partial charge in [0, 0.05) is 7.11 Å². The summed E-state index contributed by atoms with van der Waals surface area (Å²) in [5.74, 6) is 0.442.